The van der Waals surface area contributed by atoms with Crippen LogP contribution in [0.15, 0.2) is 30.3 Å². The van der Waals surface area contributed by atoms with Crippen molar-refractivity contribution in [3.8, 4) is 16.9 Å². The summed E-state index contributed by atoms with van der Waals surface area (Å²) in [6, 6.07) is 10.1. The van der Waals surface area contributed by atoms with E-state index in [2.05, 4.69) is 56.4 Å². The Morgan fingerprint density at radius 2 is 1.82 bits per heavy atom. The molecule has 0 aliphatic carbocycles. The number of hydrogen-bond acceptors (Lipinski definition) is 5. The van der Waals surface area contributed by atoms with E-state index in [-0.39, 0.29) is 5.41 Å². The van der Waals surface area contributed by atoms with Crippen molar-refractivity contribution in [3.05, 3.63) is 41.7 Å². The van der Waals surface area contributed by atoms with E-state index in [1.807, 2.05) is 30.5 Å². The molecule has 2 heterocycles. The maximum Gasteiger partial charge on any atom is 0.165 e. The fourth-order valence-corrected chi connectivity index (χ4v) is 3.71. The van der Waals surface area contributed by atoms with Crippen LogP contribution in [0.25, 0.3) is 16.8 Å². The Morgan fingerprint density at radius 1 is 1.14 bits per heavy atom. The zero-order chi connectivity index (χ0) is 20.5. The maximum atomic E-state index is 5.28. The van der Waals surface area contributed by atoms with Gasteiger partial charge in [0.1, 0.15) is 11.6 Å². The van der Waals surface area contributed by atoms with Crippen molar-refractivity contribution in [1.29, 1.82) is 0 Å². The second-order valence-electron chi connectivity index (χ2n) is 8.46. The quantitative estimate of drug-likeness (QED) is 0.670. The van der Waals surface area contributed by atoms with Crippen LogP contribution in [0.2, 0.25) is 0 Å². The van der Waals surface area contributed by atoms with Crippen molar-refractivity contribution in [2.24, 2.45) is 5.41 Å². The molecule has 1 aromatic carbocycles. The first-order valence-corrected chi connectivity index (χ1v) is 9.60. The standard InChI is InChI=1S/C22H31N5O/c1-15-12-19(23-13-22(3,4)14-26(5)6)27-21(24-15)20(16(2)25-27)17-8-10-18(28-7)11-9-17/h8-12,23H,13-14H2,1-7H3. The Labute approximate surface area is 167 Å². The second kappa shape index (κ2) is 7.80. The predicted octanol–water partition coefficient (Wildman–Crippen LogP) is 4.02. The summed E-state index contributed by atoms with van der Waals surface area (Å²) in [5.41, 5.74) is 5.07. The van der Waals surface area contributed by atoms with E-state index in [1.165, 1.54) is 0 Å². The lowest BCUT2D eigenvalue weighted by Crippen LogP contribution is -2.34. The molecule has 0 spiro atoms. The van der Waals surface area contributed by atoms with Gasteiger partial charge >= 0.3 is 0 Å². The van der Waals surface area contributed by atoms with Crippen molar-refractivity contribution < 1.29 is 4.74 Å². The molecule has 150 valence electrons. The summed E-state index contributed by atoms with van der Waals surface area (Å²) in [6.45, 7) is 10.4. The Kier molecular flexibility index (Phi) is 5.61. The molecular weight excluding hydrogens is 350 g/mol. The molecule has 1 N–H and O–H groups in total. The molecule has 0 saturated carbocycles. The van der Waals surface area contributed by atoms with Gasteiger partial charge < -0.3 is 15.0 Å². The Morgan fingerprint density at radius 3 is 2.43 bits per heavy atom. The monoisotopic (exact) mass is 381 g/mol. The first kappa shape index (κ1) is 20.1. The number of nitrogens with zero attached hydrogens (tertiary/aromatic N) is 4. The van der Waals surface area contributed by atoms with Gasteiger partial charge in [-0.05, 0) is 51.1 Å². The smallest absolute Gasteiger partial charge is 0.165 e. The van der Waals surface area contributed by atoms with Gasteiger partial charge in [-0.25, -0.2) is 4.98 Å². The van der Waals surface area contributed by atoms with Crippen LogP contribution in [0.1, 0.15) is 25.2 Å². The van der Waals surface area contributed by atoms with Gasteiger partial charge in [0.25, 0.3) is 0 Å². The first-order chi connectivity index (χ1) is 13.2. The molecule has 0 unspecified atom stereocenters. The highest BCUT2D eigenvalue weighted by atomic mass is 16.5. The summed E-state index contributed by atoms with van der Waals surface area (Å²) >= 11 is 0. The molecule has 3 rings (SSSR count). The van der Waals surface area contributed by atoms with Crippen LogP contribution in [0.4, 0.5) is 5.82 Å². The average Bonchev–Trinajstić information content (AvgIpc) is 2.94. The van der Waals surface area contributed by atoms with Crippen molar-refractivity contribution >= 4 is 11.5 Å². The highest BCUT2D eigenvalue weighted by Crippen LogP contribution is 2.30. The molecule has 6 nitrogen and oxygen atoms in total. The topological polar surface area (TPSA) is 54.7 Å². The van der Waals surface area contributed by atoms with Crippen LogP contribution in [0, 0.1) is 19.3 Å². The second-order valence-corrected chi connectivity index (χ2v) is 8.46. The van der Waals surface area contributed by atoms with E-state index in [9.17, 15) is 0 Å². The van der Waals surface area contributed by atoms with E-state index in [0.717, 1.165) is 52.8 Å². The van der Waals surface area contributed by atoms with Crippen molar-refractivity contribution in [3.63, 3.8) is 0 Å². The van der Waals surface area contributed by atoms with Gasteiger partial charge in [0.15, 0.2) is 5.65 Å². The molecule has 2 aromatic heterocycles. The molecule has 3 aromatic rings. The number of anilines is 1. The van der Waals surface area contributed by atoms with Gasteiger partial charge in [-0.3, -0.25) is 0 Å². The summed E-state index contributed by atoms with van der Waals surface area (Å²) < 4.78 is 7.21. The highest BCUT2D eigenvalue weighted by Gasteiger charge is 2.21. The number of ether oxygens (including phenoxy) is 1. The van der Waals surface area contributed by atoms with Gasteiger partial charge in [0.05, 0.1) is 12.8 Å². The number of nitrogens with one attached hydrogen (secondary N) is 1. The number of hydrogen-bond donors (Lipinski definition) is 1. The molecule has 6 heteroatoms. The van der Waals surface area contributed by atoms with Crippen molar-refractivity contribution in [1.82, 2.24) is 19.5 Å². The molecule has 0 fully saturated rings. The summed E-state index contributed by atoms with van der Waals surface area (Å²) in [5.74, 6) is 1.81. The SMILES string of the molecule is COc1ccc(-c2c(C)nn3c(NCC(C)(C)CN(C)C)cc(C)nc23)cc1. The number of rotatable bonds is 7. The highest BCUT2D eigenvalue weighted by molar-refractivity contribution is 5.81. The molecular formula is C22H31N5O. The summed E-state index contributed by atoms with van der Waals surface area (Å²) in [6.07, 6.45) is 0. The lowest BCUT2D eigenvalue weighted by atomic mass is 9.93. The molecule has 0 aliphatic heterocycles. The third-order valence-electron chi connectivity index (χ3n) is 4.76. The van der Waals surface area contributed by atoms with E-state index in [0.29, 0.717) is 0 Å². The summed E-state index contributed by atoms with van der Waals surface area (Å²) in [7, 11) is 5.89. The molecule has 0 radical (unpaired) electrons. The van der Waals surface area contributed by atoms with Crippen LogP contribution in [0.3, 0.4) is 0 Å². The fourth-order valence-electron chi connectivity index (χ4n) is 3.71. The molecule has 0 saturated heterocycles. The van der Waals surface area contributed by atoms with E-state index in [4.69, 9.17) is 14.8 Å². The zero-order valence-corrected chi connectivity index (χ0v) is 18.0. The number of fused-ring (bicyclic) bond motifs is 1. The molecule has 0 amide bonds. The van der Waals surface area contributed by atoms with Crippen molar-refractivity contribution in [2.75, 3.05) is 39.6 Å². The largest absolute Gasteiger partial charge is 0.497 e. The molecule has 28 heavy (non-hydrogen) atoms. The predicted molar refractivity (Wildman–Crippen MR) is 115 cm³/mol. The van der Waals surface area contributed by atoms with E-state index in [1.54, 1.807) is 7.11 Å². The zero-order valence-electron chi connectivity index (χ0n) is 18.0. The van der Waals surface area contributed by atoms with Gasteiger partial charge in [-0.15, -0.1) is 0 Å². The van der Waals surface area contributed by atoms with Crippen LogP contribution >= 0.6 is 0 Å². The minimum Gasteiger partial charge on any atom is -0.497 e. The summed E-state index contributed by atoms with van der Waals surface area (Å²) in [5, 5.41) is 8.38. The van der Waals surface area contributed by atoms with Gasteiger partial charge in [-0.1, -0.05) is 26.0 Å². The normalized spacial score (nSPS) is 12.0. The fraction of sp³-hybridized carbons (Fsp3) is 0.455. The lowest BCUT2D eigenvalue weighted by molar-refractivity contribution is 0.254. The maximum absolute atomic E-state index is 5.28. The Bertz CT molecular complexity index is 957. The first-order valence-electron chi connectivity index (χ1n) is 9.60. The van der Waals surface area contributed by atoms with Gasteiger partial charge in [-0.2, -0.15) is 9.61 Å². The molecule has 0 aliphatic rings. The number of aromatic nitrogens is 3. The Balaban J connectivity index is 1.99. The number of methoxy groups -OCH3 is 1. The van der Waals surface area contributed by atoms with Gasteiger partial charge in [0, 0.05) is 30.4 Å². The van der Waals surface area contributed by atoms with Crippen LogP contribution < -0.4 is 10.1 Å². The molecule has 0 atom stereocenters. The molecule has 0 bridgehead atoms. The minimum atomic E-state index is 0.133. The number of aryl methyl sites for hydroxylation is 2. The van der Waals surface area contributed by atoms with E-state index < -0.39 is 0 Å². The van der Waals surface area contributed by atoms with Gasteiger partial charge in [0.2, 0.25) is 0 Å². The average molecular weight is 382 g/mol. The lowest BCUT2D eigenvalue weighted by Gasteiger charge is -2.29. The van der Waals surface area contributed by atoms with Crippen LogP contribution in [-0.2, 0) is 0 Å². The van der Waals surface area contributed by atoms with Crippen molar-refractivity contribution in [2.45, 2.75) is 27.7 Å². The third kappa shape index (κ3) is 4.28. The summed E-state index contributed by atoms with van der Waals surface area (Å²) in [4.78, 5) is 7.01. The van der Waals surface area contributed by atoms with E-state index >= 15 is 0 Å². The van der Waals surface area contributed by atoms with Crippen LogP contribution in [-0.4, -0.2) is 53.8 Å². The Hall–Kier alpha value is -2.60. The minimum absolute atomic E-state index is 0.133. The third-order valence-corrected chi connectivity index (χ3v) is 4.76. The van der Waals surface area contributed by atoms with Crippen LogP contribution in [0.5, 0.6) is 5.75 Å². The number of benzene rings is 1.